The zero-order chi connectivity index (χ0) is 17.8. The summed E-state index contributed by atoms with van der Waals surface area (Å²) in [6.45, 7) is 1.68. The highest BCUT2D eigenvalue weighted by atomic mass is 16.6. The summed E-state index contributed by atoms with van der Waals surface area (Å²) in [7, 11) is 0. The molecule has 2 aromatic heterocycles. The average Bonchev–Trinajstić information content (AvgIpc) is 3.24. The largest absolute Gasteiger partial charge is 0.469 e. The Morgan fingerprint density at radius 1 is 1.20 bits per heavy atom. The normalized spacial score (nSPS) is 10.9. The van der Waals surface area contributed by atoms with Gasteiger partial charge >= 0.3 is 0 Å². The summed E-state index contributed by atoms with van der Waals surface area (Å²) in [5.41, 5.74) is 3.49. The molecule has 0 saturated carbocycles. The van der Waals surface area contributed by atoms with Gasteiger partial charge in [0.1, 0.15) is 17.3 Å². The van der Waals surface area contributed by atoms with Crippen molar-refractivity contribution < 1.29 is 18.6 Å². The molecule has 3 rings (SSSR count). The molecule has 0 aliphatic heterocycles. The number of nitrogens with one attached hydrogen (secondary N) is 1. The highest BCUT2D eigenvalue weighted by molar-refractivity contribution is 5.95. The first-order valence-corrected chi connectivity index (χ1v) is 7.27. The monoisotopic (exact) mass is 339 g/mol. The van der Waals surface area contributed by atoms with Crippen molar-refractivity contribution >= 4 is 17.8 Å². The molecule has 0 bridgehead atoms. The first kappa shape index (κ1) is 16.2. The van der Waals surface area contributed by atoms with Gasteiger partial charge in [-0.05, 0) is 37.3 Å². The minimum Gasteiger partial charge on any atom is -0.469 e. The maximum absolute atomic E-state index is 11.9. The quantitative estimate of drug-likeness (QED) is 0.434. The fourth-order valence-corrected chi connectivity index (χ4v) is 2.16. The second-order valence-electron chi connectivity index (χ2n) is 5.10. The summed E-state index contributed by atoms with van der Waals surface area (Å²) in [5, 5.41) is 14.5. The topological polar surface area (TPSA) is 111 Å². The van der Waals surface area contributed by atoms with E-state index in [9.17, 15) is 14.9 Å². The van der Waals surface area contributed by atoms with Crippen LogP contribution in [0.2, 0.25) is 0 Å². The molecule has 0 saturated heterocycles. The molecule has 1 amide bonds. The van der Waals surface area contributed by atoms with Crippen LogP contribution in [0.3, 0.4) is 0 Å². The van der Waals surface area contributed by atoms with Gasteiger partial charge in [-0.25, -0.2) is 5.43 Å². The molecule has 126 valence electrons. The van der Waals surface area contributed by atoms with E-state index in [0.717, 1.165) is 0 Å². The lowest BCUT2D eigenvalue weighted by Gasteiger charge is -1.97. The molecular weight excluding hydrogens is 326 g/mol. The molecule has 0 radical (unpaired) electrons. The van der Waals surface area contributed by atoms with Gasteiger partial charge in [0.2, 0.25) is 0 Å². The third-order valence-electron chi connectivity index (χ3n) is 3.45. The van der Waals surface area contributed by atoms with E-state index in [0.29, 0.717) is 28.4 Å². The number of amides is 1. The number of aryl methyl sites for hydroxylation is 1. The van der Waals surface area contributed by atoms with Crippen LogP contribution in [-0.4, -0.2) is 17.0 Å². The molecule has 0 aliphatic carbocycles. The number of nitro benzene ring substituents is 1. The number of hydrazone groups is 1. The van der Waals surface area contributed by atoms with Crippen LogP contribution in [0.15, 0.2) is 62.7 Å². The van der Waals surface area contributed by atoms with Gasteiger partial charge in [0, 0.05) is 17.7 Å². The predicted molar refractivity (Wildman–Crippen MR) is 89.3 cm³/mol. The van der Waals surface area contributed by atoms with Crippen LogP contribution in [-0.2, 0) is 0 Å². The molecule has 8 heteroatoms. The minimum atomic E-state index is -0.464. The Bertz CT molecular complexity index is 937. The first-order chi connectivity index (χ1) is 12.0. The maximum Gasteiger partial charge on any atom is 0.274 e. The Kier molecular flexibility index (Phi) is 4.42. The molecule has 1 aromatic carbocycles. The van der Waals surface area contributed by atoms with E-state index >= 15 is 0 Å². The van der Waals surface area contributed by atoms with Crippen molar-refractivity contribution in [2.24, 2.45) is 5.10 Å². The highest BCUT2D eigenvalue weighted by Crippen LogP contribution is 2.24. The van der Waals surface area contributed by atoms with Crippen LogP contribution in [0, 0.1) is 17.0 Å². The molecule has 0 fully saturated rings. The smallest absolute Gasteiger partial charge is 0.274 e. The predicted octanol–water partition coefficient (Wildman–Crippen LogP) is 3.52. The minimum absolute atomic E-state index is 0.00865. The molecule has 0 spiro atoms. The van der Waals surface area contributed by atoms with Crippen LogP contribution in [0.1, 0.15) is 21.9 Å². The van der Waals surface area contributed by atoms with Gasteiger partial charge < -0.3 is 8.83 Å². The Hall–Kier alpha value is -3.68. The fourth-order valence-electron chi connectivity index (χ4n) is 2.16. The second-order valence-corrected chi connectivity index (χ2v) is 5.10. The van der Waals surface area contributed by atoms with Gasteiger partial charge in [-0.15, -0.1) is 0 Å². The van der Waals surface area contributed by atoms with E-state index in [1.54, 1.807) is 37.3 Å². The number of hydrogen-bond donors (Lipinski definition) is 1. The zero-order valence-corrected chi connectivity index (χ0v) is 13.1. The van der Waals surface area contributed by atoms with Gasteiger partial charge in [0.15, 0.2) is 0 Å². The lowest BCUT2D eigenvalue weighted by molar-refractivity contribution is -0.384. The summed E-state index contributed by atoms with van der Waals surface area (Å²) in [5.74, 6) is 1.08. The van der Waals surface area contributed by atoms with Crippen molar-refractivity contribution in [3.8, 4) is 11.3 Å². The van der Waals surface area contributed by atoms with Crippen molar-refractivity contribution in [3.63, 3.8) is 0 Å². The van der Waals surface area contributed by atoms with Gasteiger partial charge in [-0.1, -0.05) is 0 Å². The molecule has 0 unspecified atom stereocenters. The first-order valence-electron chi connectivity index (χ1n) is 7.27. The van der Waals surface area contributed by atoms with E-state index in [1.807, 2.05) is 0 Å². The molecule has 2 heterocycles. The van der Waals surface area contributed by atoms with E-state index in [2.05, 4.69) is 10.5 Å². The Labute approximate surface area is 141 Å². The Morgan fingerprint density at radius 3 is 2.60 bits per heavy atom. The van der Waals surface area contributed by atoms with Gasteiger partial charge in [0.25, 0.3) is 11.6 Å². The SMILES string of the molecule is Cc1occc1C(=O)N/N=C\c1ccc(-c2ccc([N+](=O)[O-])cc2)o1. The van der Waals surface area contributed by atoms with E-state index < -0.39 is 4.92 Å². The number of hydrogen-bond acceptors (Lipinski definition) is 6. The standard InChI is InChI=1S/C17H13N3O5/c1-11-15(8-9-24-11)17(21)19-18-10-14-6-7-16(25-14)12-2-4-13(5-3-12)20(22)23/h2-10H,1H3,(H,19,21)/b18-10-. The third kappa shape index (κ3) is 3.63. The number of nitro groups is 1. The summed E-state index contributed by atoms with van der Waals surface area (Å²) in [6.07, 6.45) is 2.79. The lowest BCUT2D eigenvalue weighted by Crippen LogP contribution is -2.17. The molecule has 3 aromatic rings. The van der Waals surface area contributed by atoms with Gasteiger partial charge in [0.05, 0.1) is 23.0 Å². The third-order valence-corrected chi connectivity index (χ3v) is 3.45. The number of carbonyl (C=O) groups excluding carboxylic acids is 1. The Morgan fingerprint density at radius 2 is 1.96 bits per heavy atom. The highest BCUT2D eigenvalue weighted by Gasteiger charge is 2.10. The van der Waals surface area contributed by atoms with Gasteiger partial charge in [-0.2, -0.15) is 5.10 Å². The van der Waals surface area contributed by atoms with Crippen LogP contribution in [0.25, 0.3) is 11.3 Å². The van der Waals surface area contributed by atoms with E-state index in [-0.39, 0.29) is 11.6 Å². The number of carbonyl (C=O) groups is 1. The molecule has 0 atom stereocenters. The van der Waals surface area contributed by atoms with Crippen molar-refractivity contribution in [1.82, 2.24) is 5.43 Å². The van der Waals surface area contributed by atoms with Crippen LogP contribution in [0.4, 0.5) is 5.69 Å². The Balaban J connectivity index is 1.66. The van der Waals surface area contributed by atoms with Crippen LogP contribution in [0.5, 0.6) is 0 Å². The van der Waals surface area contributed by atoms with E-state index in [1.165, 1.54) is 24.6 Å². The van der Waals surface area contributed by atoms with Gasteiger partial charge in [-0.3, -0.25) is 14.9 Å². The molecular formula is C17H13N3O5. The van der Waals surface area contributed by atoms with Crippen molar-refractivity contribution in [2.75, 3.05) is 0 Å². The number of furan rings is 2. The molecule has 8 nitrogen and oxygen atoms in total. The number of non-ortho nitro benzene ring substituents is 1. The second kappa shape index (κ2) is 6.83. The van der Waals surface area contributed by atoms with Crippen LogP contribution < -0.4 is 5.43 Å². The van der Waals surface area contributed by atoms with Crippen molar-refractivity contribution in [2.45, 2.75) is 6.92 Å². The summed E-state index contributed by atoms with van der Waals surface area (Å²) >= 11 is 0. The fraction of sp³-hybridized carbons (Fsp3) is 0.0588. The van der Waals surface area contributed by atoms with Crippen molar-refractivity contribution in [3.05, 3.63) is 75.9 Å². The van der Waals surface area contributed by atoms with E-state index in [4.69, 9.17) is 8.83 Å². The summed E-state index contributed by atoms with van der Waals surface area (Å²) < 4.78 is 10.6. The number of benzene rings is 1. The molecule has 25 heavy (non-hydrogen) atoms. The van der Waals surface area contributed by atoms with Crippen molar-refractivity contribution in [1.29, 1.82) is 0 Å². The molecule has 1 N–H and O–H groups in total. The maximum atomic E-state index is 11.9. The van der Waals surface area contributed by atoms with Crippen LogP contribution >= 0.6 is 0 Å². The number of rotatable bonds is 5. The zero-order valence-electron chi connectivity index (χ0n) is 13.1. The summed E-state index contributed by atoms with van der Waals surface area (Å²) in [6, 6.07) is 10.9. The number of nitrogens with zero attached hydrogens (tertiary/aromatic N) is 2. The summed E-state index contributed by atoms with van der Waals surface area (Å²) in [4.78, 5) is 22.1. The molecule has 0 aliphatic rings. The lowest BCUT2D eigenvalue weighted by atomic mass is 10.1. The average molecular weight is 339 g/mol.